The van der Waals surface area contributed by atoms with Gasteiger partial charge < -0.3 is 15.7 Å². The molecule has 0 radical (unpaired) electrons. The van der Waals surface area contributed by atoms with Gasteiger partial charge >= 0.3 is 12.0 Å². The zero-order chi connectivity index (χ0) is 13.5. The van der Waals surface area contributed by atoms with Crippen molar-refractivity contribution in [2.75, 3.05) is 6.54 Å². The van der Waals surface area contributed by atoms with Crippen LogP contribution in [0.2, 0.25) is 0 Å². The summed E-state index contributed by atoms with van der Waals surface area (Å²) >= 11 is 3.37. The van der Waals surface area contributed by atoms with Crippen molar-refractivity contribution in [1.29, 1.82) is 0 Å². The molecule has 1 aromatic carbocycles. The van der Waals surface area contributed by atoms with Gasteiger partial charge in [0.1, 0.15) is 6.04 Å². The van der Waals surface area contributed by atoms with E-state index in [4.69, 9.17) is 5.11 Å². The molecule has 3 N–H and O–H groups in total. The van der Waals surface area contributed by atoms with Crippen molar-refractivity contribution in [2.45, 2.75) is 19.4 Å². The van der Waals surface area contributed by atoms with Crippen molar-refractivity contribution in [1.82, 2.24) is 10.6 Å². The number of amides is 2. The molecular formula is C12H15BrN2O3. The van der Waals surface area contributed by atoms with Gasteiger partial charge in [0, 0.05) is 11.0 Å². The molecule has 0 aliphatic heterocycles. The summed E-state index contributed by atoms with van der Waals surface area (Å²) in [6.07, 6.45) is 0.689. The number of carbonyl (C=O) groups is 2. The van der Waals surface area contributed by atoms with Crippen LogP contribution in [0.25, 0.3) is 0 Å². The number of hydrogen-bond donors (Lipinski definition) is 3. The number of carboxylic acid groups (broad SMARTS) is 1. The van der Waals surface area contributed by atoms with Gasteiger partial charge in [0.15, 0.2) is 0 Å². The van der Waals surface area contributed by atoms with Crippen molar-refractivity contribution in [3.05, 3.63) is 34.3 Å². The maximum absolute atomic E-state index is 11.3. The van der Waals surface area contributed by atoms with Crippen LogP contribution in [0.3, 0.4) is 0 Å². The van der Waals surface area contributed by atoms with Crippen LogP contribution in [0.15, 0.2) is 28.7 Å². The maximum Gasteiger partial charge on any atom is 0.325 e. The van der Waals surface area contributed by atoms with E-state index >= 15 is 0 Å². The standard InChI is InChI=1S/C12H15BrN2O3/c1-8(11(16)17)15-12(18)14-6-5-9-3-2-4-10(13)7-9/h2-4,7-8H,5-6H2,1H3,(H,16,17)(H2,14,15,18). The Labute approximate surface area is 114 Å². The second kappa shape index (κ2) is 7.00. The highest BCUT2D eigenvalue weighted by atomic mass is 79.9. The number of benzene rings is 1. The van der Waals surface area contributed by atoms with Gasteiger partial charge in [-0.25, -0.2) is 4.79 Å². The largest absolute Gasteiger partial charge is 0.480 e. The van der Waals surface area contributed by atoms with E-state index < -0.39 is 18.0 Å². The molecule has 5 nitrogen and oxygen atoms in total. The summed E-state index contributed by atoms with van der Waals surface area (Å²) in [6.45, 7) is 1.87. The van der Waals surface area contributed by atoms with Gasteiger partial charge in [-0.15, -0.1) is 0 Å². The van der Waals surface area contributed by atoms with Gasteiger partial charge in [-0.05, 0) is 31.0 Å². The first-order valence-electron chi connectivity index (χ1n) is 5.50. The van der Waals surface area contributed by atoms with E-state index in [9.17, 15) is 9.59 Å². The molecule has 18 heavy (non-hydrogen) atoms. The monoisotopic (exact) mass is 314 g/mol. The molecule has 0 aliphatic rings. The topological polar surface area (TPSA) is 78.4 Å². The highest BCUT2D eigenvalue weighted by Gasteiger charge is 2.12. The van der Waals surface area contributed by atoms with Gasteiger partial charge in [0.05, 0.1) is 0 Å². The Hall–Kier alpha value is -1.56. The van der Waals surface area contributed by atoms with Crippen LogP contribution >= 0.6 is 15.9 Å². The lowest BCUT2D eigenvalue weighted by atomic mass is 10.1. The van der Waals surface area contributed by atoms with Crippen molar-refractivity contribution in [3.63, 3.8) is 0 Å². The average molecular weight is 315 g/mol. The van der Waals surface area contributed by atoms with Gasteiger partial charge in [0.2, 0.25) is 0 Å². The summed E-state index contributed by atoms with van der Waals surface area (Å²) in [4.78, 5) is 21.8. The molecule has 0 saturated carbocycles. The molecule has 0 spiro atoms. The number of aliphatic carboxylic acids is 1. The van der Waals surface area contributed by atoms with Crippen molar-refractivity contribution >= 4 is 27.9 Å². The summed E-state index contributed by atoms with van der Waals surface area (Å²) in [5.74, 6) is -1.06. The van der Waals surface area contributed by atoms with E-state index in [-0.39, 0.29) is 0 Å². The Morgan fingerprint density at radius 2 is 2.17 bits per heavy atom. The first-order chi connectivity index (χ1) is 8.49. The number of halogens is 1. The molecule has 1 atom stereocenters. The summed E-state index contributed by atoms with van der Waals surface area (Å²) in [6, 6.07) is 6.42. The summed E-state index contributed by atoms with van der Waals surface area (Å²) < 4.78 is 0.990. The van der Waals surface area contributed by atoms with Crippen LogP contribution in [0.4, 0.5) is 4.79 Å². The lowest BCUT2D eigenvalue weighted by molar-refractivity contribution is -0.138. The molecule has 0 aromatic heterocycles. The third-order valence-corrected chi connectivity index (χ3v) is 2.80. The molecule has 1 aromatic rings. The minimum Gasteiger partial charge on any atom is -0.480 e. The predicted molar refractivity (Wildman–Crippen MR) is 71.5 cm³/mol. The van der Waals surface area contributed by atoms with Crippen LogP contribution in [-0.4, -0.2) is 29.7 Å². The SMILES string of the molecule is CC(NC(=O)NCCc1cccc(Br)c1)C(=O)O. The molecular weight excluding hydrogens is 300 g/mol. The summed E-state index contributed by atoms with van der Waals surface area (Å²) in [7, 11) is 0. The Morgan fingerprint density at radius 1 is 1.44 bits per heavy atom. The number of urea groups is 1. The quantitative estimate of drug-likeness (QED) is 0.775. The van der Waals surface area contributed by atoms with Crippen molar-refractivity contribution in [2.24, 2.45) is 0 Å². The average Bonchev–Trinajstić information content (AvgIpc) is 2.28. The minimum atomic E-state index is -1.06. The van der Waals surface area contributed by atoms with E-state index in [1.807, 2.05) is 24.3 Å². The zero-order valence-corrected chi connectivity index (χ0v) is 11.5. The van der Waals surface area contributed by atoms with Gasteiger partial charge in [0.25, 0.3) is 0 Å². The Kier molecular flexibility index (Phi) is 5.64. The van der Waals surface area contributed by atoms with E-state index in [1.54, 1.807) is 0 Å². The second-order valence-corrected chi connectivity index (χ2v) is 4.76. The molecule has 0 bridgehead atoms. The van der Waals surface area contributed by atoms with E-state index in [1.165, 1.54) is 6.92 Å². The first-order valence-corrected chi connectivity index (χ1v) is 6.30. The van der Waals surface area contributed by atoms with E-state index in [0.717, 1.165) is 10.0 Å². The fourth-order valence-electron chi connectivity index (χ4n) is 1.32. The summed E-state index contributed by atoms with van der Waals surface area (Å²) in [5, 5.41) is 13.5. The fourth-order valence-corrected chi connectivity index (χ4v) is 1.77. The molecule has 2 amide bonds. The molecule has 6 heteroatoms. The smallest absolute Gasteiger partial charge is 0.325 e. The third-order valence-electron chi connectivity index (χ3n) is 2.31. The Morgan fingerprint density at radius 3 is 2.78 bits per heavy atom. The number of rotatable bonds is 5. The Bertz CT molecular complexity index is 437. The molecule has 0 aliphatic carbocycles. The number of carbonyl (C=O) groups excluding carboxylic acids is 1. The number of carboxylic acids is 1. The predicted octanol–water partition coefficient (Wildman–Crippen LogP) is 1.76. The summed E-state index contributed by atoms with van der Waals surface area (Å²) in [5.41, 5.74) is 1.09. The fraction of sp³-hybridized carbons (Fsp3) is 0.333. The first kappa shape index (κ1) is 14.5. The zero-order valence-electron chi connectivity index (χ0n) is 9.94. The van der Waals surface area contributed by atoms with Gasteiger partial charge in [-0.1, -0.05) is 28.1 Å². The molecule has 1 unspecified atom stereocenters. The molecule has 0 heterocycles. The van der Waals surface area contributed by atoms with E-state index in [0.29, 0.717) is 13.0 Å². The molecule has 1 rings (SSSR count). The lowest BCUT2D eigenvalue weighted by Gasteiger charge is -2.10. The minimum absolute atomic E-state index is 0.453. The number of hydrogen-bond acceptors (Lipinski definition) is 2. The Balaban J connectivity index is 2.29. The van der Waals surface area contributed by atoms with Crippen LogP contribution in [0.1, 0.15) is 12.5 Å². The maximum atomic E-state index is 11.3. The normalized spacial score (nSPS) is 11.7. The van der Waals surface area contributed by atoms with E-state index in [2.05, 4.69) is 26.6 Å². The highest BCUT2D eigenvalue weighted by molar-refractivity contribution is 9.10. The molecule has 0 saturated heterocycles. The molecule has 0 fully saturated rings. The van der Waals surface area contributed by atoms with Crippen LogP contribution in [0.5, 0.6) is 0 Å². The molecule has 98 valence electrons. The second-order valence-electron chi connectivity index (χ2n) is 3.84. The van der Waals surface area contributed by atoms with Gasteiger partial charge in [-0.2, -0.15) is 0 Å². The van der Waals surface area contributed by atoms with Crippen LogP contribution in [-0.2, 0) is 11.2 Å². The lowest BCUT2D eigenvalue weighted by Crippen LogP contribution is -2.44. The van der Waals surface area contributed by atoms with Gasteiger partial charge in [-0.3, -0.25) is 4.79 Å². The van der Waals surface area contributed by atoms with Crippen LogP contribution < -0.4 is 10.6 Å². The highest BCUT2D eigenvalue weighted by Crippen LogP contribution is 2.11. The van der Waals surface area contributed by atoms with Crippen molar-refractivity contribution < 1.29 is 14.7 Å². The number of nitrogens with one attached hydrogen (secondary N) is 2. The van der Waals surface area contributed by atoms with Crippen molar-refractivity contribution in [3.8, 4) is 0 Å². The third kappa shape index (κ3) is 5.18. The van der Waals surface area contributed by atoms with Crippen LogP contribution in [0, 0.1) is 0 Å².